The molecule has 1 aromatic carbocycles. The van der Waals surface area contributed by atoms with Crippen molar-refractivity contribution in [2.45, 2.75) is 57.4 Å². The van der Waals surface area contributed by atoms with Crippen molar-refractivity contribution in [1.82, 2.24) is 25.1 Å². The molecular weight excluding hydrogens is 286 g/mol. The van der Waals surface area contributed by atoms with Gasteiger partial charge < -0.3 is 0 Å². The molecule has 0 amide bonds. The monoisotopic (exact) mass is 311 g/mol. The minimum absolute atomic E-state index is 0.0283. The Morgan fingerprint density at radius 1 is 0.957 bits per heavy atom. The minimum atomic E-state index is 0.0283. The molecule has 5 nitrogen and oxygen atoms in total. The molecule has 0 unspecified atom stereocenters. The third-order valence-corrected chi connectivity index (χ3v) is 5.62. The number of tetrazole rings is 1. The second-order valence-corrected chi connectivity index (χ2v) is 6.99. The summed E-state index contributed by atoms with van der Waals surface area (Å²) >= 11 is 0. The first-order valence-corrected chi connectivity index (χ1v) is 8.91. The van der Waals surface area contributed by atoms with Crippen LogP contribution >= 0.6 is 0 Å². The lowest BCUT2D eigenvalue weighted by Gasteiger charge is -2.43. The van der Waals surface area contributed by atoms with Gasteiger partial charge in [-0.25, -0.2) is 0 Å². The van der Waals surface area contributed by atoms with Crippen molar-refractivity contribution in [1.29, 1.82) is 0 Å². The molecule has 1 saturated heterocycles. The van der Waals surface area contributed by atoms with Gasteiger partial charge in [0.2, 0.25) is 0 Å². The Balaban J connectivity index is 1.81. The fraction of sp³-hybridized carbons (Fsp3) is 0.611. The van der Waals surface area contributed by atoms with Gasteiger partial charge in [0.05, 0.1) is 11.2 Å². The largest absolute Gasteiger partial charge is 0.291 e. The van der Waals surface area contributed by atoms with E-state index in [4.69, 9.17) is 0 Å². The fourth-order valence-electron chi connectivity index (χ4n) is 4.40. The standard InChI is InChI=1S/C18H25N5/c1-15-9-3-4-10-16(15)23-17(19-20-21-23)18(11-5-2-6-12-18)22-13-7-8-14-22/h3-4,9-10H,2,5-8,11-14H2,1H3. The zero-order valence-corrected chi connectivity index (χ0v) is 13.9. The van der Waals surface area contributed by atoms with E-state index in [0.29, 0.717) is 0 Å². The lowest BCUT2D eigenvalue weighted by molar-refractivity contribution is 0.0595. The van der Waals surface area contributed by atoms with Crippen molar-refractivity contribution < 1.29 is 0 Å². The number of aryl methyl sites for hydroxylation is 1. The molecular formula is C18H25N5. The molecule has 5 heteroatoms. The van der Waals surface area contributed by atoms with Crippen LogP contribution in [0, 0.1) is 6.92 Å². The summed E-state index contributed by atoms with van der Waals surface area (Å²) in [6.45, 7) is 4.49. The van der Waals surface area contributed by atoms with Gasteiger partial charge in [0.15, 0.2) is 5.82 Å². The van der Waals surface area contributed by atoms with Crippen molar-refractivity contribution in [2.75, 3.05) is 13.1 Å². The summed E-state index contributed by atoms with van der Waals surface area (Å²) < 4.78 is 2.00. The Morgan fingerprint density at radius 2 is 1.70 bits per heavy atom. The number of benzene rings is 1. The molecule has 0 spiro atoms. The predicted octanol–water partition coefficient (Wildman–Crippen LogP) is 3.23. The number of likely N-dealkylation sites (tertiary alicyclic amines) is 1. The zero-order chi connectivity index (χ0) is 15.7. The summed E-state index contributed by atoms with van der Waals surface area (Å²) in [5.41, 5.74) is 2.35. The molecule has 23 heavy (non-hydrogen) atoms. The van der Waals surface area contributed by atoms with Crippen molar-refractivity contribution in [2.24, 2.45) is 0 Å². The molecule has 0 N–H and O–H groups in total. The Kier molecular flexibility index (Phi) is 3.89. The fourth-order valence-corrected chi connectivity index (χ4v) is 4.40. The molecule has 2 aromatic rings. The van der Waals surface area contributed by atoms with Crippen LogP contribution in [0.1, 0.15) is 56.3 Å². The quantitative estimate of drug-likeness (QED) is 0.873. The van der Waals surface area contributed by atoms with Crippen molar-refractivity contribution in [3.8, 4) is 5.69 Å². The predicted molar refractivity (Wildman–Crippen MR) is 89.5 cm³/mol. The highest BCUT2D eigenvalue weighted by atomic mass is 15.6. The first-order valence-electron chi connectivity index (χ1n) is 8.91. The lowest BCUT2D eigenvalue weighted by atomic mass is 9.79. The first kappa shape index (κ1) is 14.8. The Morgan fingerprint density at radius 3 is 2.43 bits per heavy atom. The SMILES string of the molecule is Cc1ccccc1-n1nnnc1C1(N2CCCC2)CCCCC1. The maximum Gasteiger partial charge on any atom is 0.176 e. The molecule has 4 rings (SSSR count). The summed E-state index contributed by atoms with van der Waals surface area (Å²) in [7, 11) is 0. The van der Waals surface area contributed by atoms with Gasteiger partial charge in [-0.2, -0.15) is 4.68 Å². The van der Waals surface area contributed by atoms with E-state index < -0.39 is 0 Å². The zero-order valence-electron chi connectivity index (χ0n) is 13.9. The Labute approximate surface area is 137 Å². The number of hydrogen-bond donors (Lipinski definition) is 0. The van der Waals surface area contributed by atoms with Crippen LogP contribution in [0.25, 0.3) is 5.69 Å². The van der Waals surface area contributed by atoms with Crippen LogP contribution in [0.2, 0.25) is 0 Å². The Bertz CT molecular complexity index is 666. The number of hydrogen-bond acceptors (Lipinski definition) is 4. The highest BCUT2D eigenvalue weighted by Gasteiger charge is 2.45. The number of para-hydroxylation sites is 1. The highest BCUT2D eigenvalue weighted by Crippen LogP contribution is 2.43. The number of aromatic nitrogens is 4. The molecule has 1 aromatic heterocycles. The molecule has 1 aliphatic heterocycles. The molecule has 122 valence electrons. The van der Waals surface area contributed by atoms with Gasteiger partial charge in [0, 0.05) is 0 Å². The van der Waals surface area contributed by atoms with E-state index in [1.165, 1.54) is 63.6 Å². The number of rotatable bonds is 3. The lowest BCUT2D eigenvalue weighted by Crippen LogP contribution is -2.47. The van der Waals surface area contributed by atoms with Crippen molar-refractivity contribution >= 4 is 0 Å². The molecule has 0 radical (unpaired) electrons. The van der Waals surface area contributed by atoms with Gasteiger partial charge in [-0.1, -0.05) is 37.5 Å². The van der Waals surface area contributed by atoms with E-state index in [1.54, 1.807) is 0 Å². The van der Waals surface area contributed by atoms with E-state index >= 15 is 0 Å². The van der Waals surface area contributed by atoms with Gasteiger partial charge in [-0.05, 0) is 67.8 Å². The molecule has 2 fully saturated rings. The van der Waals surface area contributed by atoms with Crippen LogP contribution in [-0.4, -0.2) is 38.2 Å². The molecule has 0 atom stereocenters. The maximum absolute atomic E-state index is 4.53. The van der Waals surface area contributed by atoms with Crippen LogP contribution in [-0.2, 0) is 5.54 Å². The normalized spacial score (nSPS) is 21.6. The van der Waals surface area contributed by atoms with E-state index in [9.17, 15) is 0 Å². The van der Waals surface area contributed by atoms with Crippen LogP contribution in [0.15, 0.2) is 24.3 Å². The van der Waals surface area contributed by atoms with Crippen molar-refractivity contribution in [3.05, 3.63) is 35.7 Å². The van der Waals surface area contributed by atoms with Gasteiger partial charge in [0.25, 0.3) is 0 Å². The third kappa shape index (κ3) is 2.47. The smallest absolute Gasteiger partial charge is 0.176 e. The summed E-state index contributed by atoms with van der Waals surface area (Å²) in [6, 6.07) is 8.39. The van der Waals surface area contributed by atoms with E-state index in [1.807, 2.05) is 4.68 Å². The van der Waals surface area contributed by atoms with Crippen LogP contribution in [0.5, 0.6) is 0 Å². The number of nitrogens with zero attached hydrogens (tertiary/aromatic N) is 5. The van der Waals surface area contributed by atoms with Gasteiger partial charge in [-0.3, -0.25) is 4.90 Å². The average Bonchev–Trinajstić information content (AvgIpc) is 3.28. The topological polar surface area (TPSA) is 46.8 Å². The summed E-state index contributed by atoms with van der Waals surface area (Å²) in [5, 5.41) is 13.0. The first-order chi connectivity index (χ1) is 11.3. The van der Waals surface area contributed by atoms with Crippen LogP contribution < -0.4 is 0 Å². The van der Waals surface area contributed by atoms with E-state index in [-0.39, 0.29) is 5.54 Å². The van der Waals surface area contributed by atoms with Crippen LogP contribution in [0.3, 0.4) is 0 Å². The summed E-state index contributed by atoms with van der Waals surface area (Å²) in [6.07, 6.45) is 8.84. The van der Waals surface area contributed by atoms with E-state index in [0.717, 1.165) is 11.5 Å². The van der Waals surface area contributed by atoms with Gasteiger partial charge in [0.1, 0.15) is 0 Å². The maximum atomic E-state index is 4.53. The second kappa shape index (κ2) is 6.04. The minimum Gasteiger partial charge on any atom is -0.291 e. The molecule has 0 bridgehead atoms. The summed E-state index contributed by atoms with van der Waals surface area (Å²) in [4.78, 5) is 2.66. The molecule has 2 aliphatic rings. The highest BCUT2D eigenvalue weighted by molar-refractivity contribution is 5.40. The van der Waals surface area contributed by atoms with Gasteiger partial charge in [-0.15, -0.1) is 5.10 Å². The van der Waals surface area contributed by atoms with Crippen LogP contribution in [0.4, 0.5) is 0 Å². The average molecular weight is 311 g/mol. The van der Waals surface area contributed by atoms with Crippen molar-refractivity contribution in [3.63, 3.8) is 0 Å². The molecule has 1 aliphatic carbocycles. The Hall–Kier alpha value is -1.75. The second-order valence-electron chi connectivity index (χ2n) is 6.99. The third-order valence-electron chi connectivity index (χ3n) is 5.62. The van der Waals surface area contributed by atoms with Gasteiger partial charge >= 0.3 is 0 Å². The summed E-state index contributed by atoms with van der Waals surface area (Å²) in [5.74, 6) is 1.05. The molecule has 1 saturated carbocycles. The molecule has 2 heterocycles. The van der Waals surface area contributed by atoms with E-state index in [2.05, 4.69) is 51.6 Å².